The lowest BCUT2D eigenvalue weighted by Crippen LogP contribution is -2.12. The number of hydrogen-bond acceptors (Lipinski definition) is 2. The lowest BCUT2D eigenvalue weighted by atomic mass is 10.1. The molecule has 0 bridgehead atoms. The average molecular weight is 217 g/mol. The second kappa shape index (κ2) is 11.4. The van der Waals surface area contributed by atoms with Crippen molar-refractivity contribution in [3.63, 3.8) is 0 Å². The number of nitrogens with two attached hydrogens (primary N) is 1. The number of hydrogen-bond donors (Lipinski definition) is 1. The summed E-state index contributed by atoms with van der Waals surface area (Å²) in [6.07, 6.45) is 9.85. The van der Waals surface area contributed by atoms with Gasteiger partial charge in [-0.1, -0.05) is 52.4 Å². The van der Waals surface area contributed by atoms with Crippen molar-refractivity contribution in [1.29, 1.82) is 0 Å². The van der Waals surface area contributed by atoms with Crippen LogP contribution in [0.3, 0.4) is 0 Å². The van der Waals surface area contributed by atoms with Crippen LogP contribution in [0, 0.1) is 0 Å². The number of rotatable bonds is 10. The lowest BCUT2D eigenvalue weighted by molar-refractivity contribution is 0.603. The molecule has 0 saturated heterocycles. The van der Waals surface area contributed by atoms with Gasteiger partial charge in [-0.2, -0.15) is 11.8 Å². The summed E-state index contributed by atoms with van der Waals surface area (Å²) in [6, 6.07) is 0. The zero-order chi connectivity index (χ0) is 10.6. The van der Waals surface area contributed by atoms with Gasteiger partial charge in [0.2, 0.25) is 0 Å². The van der Waals surface area contributed by atoms with Crippen LogP contribution < -0.4 is 5.73 Å². The molecule has 0 amide bonds. The van der Waals surface area contributed by atoms with Crippen molar-refractivity contribution in [1.82, 2.24) is 0 Å². The highest BCUT2D eigenvalue weighted by molar-refractivity contribution is 7.99. The first-order chi connectivity index (χ1) is 6.81. The van der Waals surface area contributed by atoms with Gasteiger partial charge in [0.25, 0.3) is 0 Å². The van der Waals surface area contributed by atoms with Gasteiger partial charge in [-0.05, 0) is 12.2 Å². The SMILES string of the molecule is CCCCCCCCCSC(C)CN. The Balaban J connectivity index is 2.92. The van der Waals surface area contributed by atoms with Gasteiger partial charge in [-0.25, -0.2) is 0 Å². The van der Waals surface area contributed by atoms with Crippen LogP contribution in [-0.2, 0) is 0 Å². The van der Waals surface area contributed by atoms with E-state index < -0.39 is 0 Å². The molecule has 0 rings (SSSR count). The molecule has 14 heavy (non-hydrogen) atoms. The summed E-state index contributed by atoms with van der Waals surface area (Å²) in [5, 5.41) is 0.648. The summed E-state index contributed by atoms with van der Waals surface area (Å²) in [6.45, 7) is 5.30. The highest BCUT2D eigenvalue weighted by Crippen LogP contribution is 2.13. The van der Waals surface area contributed by atoms with Crippen molar-refractivity contribution < 1.29 is 0 Å². The molecule has 0 fully saturated rings. The zero-order valence-corrected chi connectivity index (χ0v) is 10.7. The van der Waals surface area contributed by atoms with Crippen LogP contribution in [0.25, 0.3) is 0 Å². The quantitative estimate of drug-likeness (QED) is 0.563. The van der Waals surface area contributed by atoms with Gasteiger partial charge in [-0.3, -0.25) is 0 Å². The van der Waals surface area contributed by atoms with Crippen LogP contribution >= 0.6 is 11.8 Å². The molecule has 1 atom stereocenters. The molecule has 0 radical (unpaired) electrons. The standard InChI is InChI=1S/C12H27NS/c1-3-4-5-6-7-8-9-10-14-12(2)11-13/h12H,3-11,13H2,1-2H3. The van der Waals surface area contributed by atoms with E-state index in [1.165, 1.54) is 50.7 Å². The first-order valence-corrected chi connectivity index (χ1v) is 7.17. The van der Waals surface area contributed by atoms with E-state index in [9.17, 15) is 0 Å². The maximum absolute atomic E-state index is 5.55. The smallest absolute Gasteiger partial charge is 0.0141 e. The van der Waals surface area contributed by atoms with Crippen molar-refractivity contribution in [2.24, 2.45) is 5.73 Å². The molecular formula is C12H27NS. The van der Waals surface area contributed by atoms with E-state index in [1.54, 1.807) is 0 Å². The molecule has 1 nitrogen and oxygen atoms in total. The minimum absolute atomic E-state index is 0.648. The second-order valence-corrected chi connectivity index (χ2v) is 5.58. The third-order valence-corrected chi connectivity index (χ3v) is 3.77. The summed E-state index contributed by atoms with van der Waals surface area (Å²) in [5.74, 6) is 1.30. The fourth-order valence-electron chi connectivity index (χ4n) is 1.41. The molecule has 2 N–H and O–H groups in total. The van der Waals surface area contributed by atoms with Crippen molar-refractivity contribution in [3.05, 3.63) is 0 Å². The number of thioether (sulfide) groups is 1. The van der Waals surface area contributed by atoms with E-state index >= 15 is 0 Å². The van der Waals surface area contributed by atoms with Crippen LogP contribution in [0.15, 0.2) is 0 Å². The third kappa shape index (κ3) is 10.4. The van der Waals surface area contributed by atoms with Gasteiger partial charge in [0.1, 0.15) is 0 Å². The van der Waals surface area contributed by atoms with E-state index in [4.69, 9.17) is 5.73 Å². The van der Waals surface area contributed by atoms with Gasteiger partial charge >= 0.3 is 0 Å². The first kappa shape index (κ1) is 14.3. The molecule has 86 valence electrons. The van der Waals surface area contributed by atoms with Gasteiger partial charge < -0.3 is 5.73 Å². The molecule has 2 heteroatoms. The number of unbranched alkanes of at least 4 members (excludes halogenated alkanes) is 6. The molecule has 0 heterocycles. The Morgan fingerprint density at radius 2 is 1.57 bits per heavy atom. The third-order valence-electron chi connectivity index (χ3n) is 2.48. The first-order valence-electron chi connectivity index (χ1n) is 6.13. The Morgan fingerprint density at radius 3 is 2.14 bits per heavy atom. The summed E-state index contributed by atoms with van der Waals surface area (Å²) < 4.78 is 0. The Bertz CT molecular complexity index is 106. The van der Waals surface area contributed by atoms with Crippen LogP contribution in [0.2, 0.25) is 0 Å². The van der Waals surface area contributed by atoms with E-state index in [0.717, 1.165) is 6.54 Å². The Kier molecular flexibility index (Phi) is 11.6. The van der Waals surface area contributed by atoms with Crippen LogP contribution in [-0.4, -0.2) is 17.5 Å². The Labute approximate surface area is 94.2 Å². The summed E-state index contributed by atoms with van der Waals surface area (Å²) in [7, 11) is 0. The molecule has 0 aliphatic carbocycles. The summed E-state index contributed by atoms with van der Waals surface area (Å²) in [5.41, 5.74) is 5.55. The second-order valence-electron chi connectivity index (χ2n) is 4.04. The molecule has 0 aromatic heterocycles. The van der Waals surface area contributed by atoms with E-state index in [-0.39, 0.29) is 0 Å². The van der Waals surface area contributed by atoms with Crippen LogP contribution in [0.5, 0.6) is 0 Å². The van der Waals surface area contributed by atoms with Gasteiger partial charge in [-0.15, -0.1) is 0 Å². The van der Waals surface area contributed by atoms with Gasteiger partial charge in [0, 0.05) is 11.8 Å². The van der Waals surface area contributed by atoms with Crippen LogP contribution in [0.1, 0.15) is 58.8 Å². The topological polar surface area (TPSA) is 26.0 Å². The fraction of sp³-hybridized carbons (Fsp3) is 1.00. The molecule has 0 aromatic carbocycles. The van der Waals surface area contributed by atoms with Crippen molar-refractivity contribution in [3.8, 4) is 0 Å². The van der Waals surface area contributed by atoms with Gasteiger partial charge in [0.15, 0.2) is 0 Å². The van der Waals surface area contributed by atoms with Crippen LogP contribution in [0.4, 0.5) is 0 Å². The molecule has 0 saturated carbocycles. The zero-order valence-electron chi connectivity index (χ0n) is 9.93. The Morgan fingerprint density at radius 1 is 1.00 bits per heavy atom. The van der Waals surface area contributed by atoms with E-state index in [0.29, 0.717) is 5.25 Å². The summed E-state index contributed by atoms with van der Waals surface area (Å²) >= 11 is 2.02. The maximum atomic E-state index is 5.55. The predicted octanol–water partition coefficient (Wildman–Crippen LogP) is 3.82. The minimum atomic E-state index is 0.648. The highest BCUT2D eigenvalue weighted by Gasteiger charge is 1.98. The molecule has 0 aliphatic heterocycles. The van der Waals surface area contributed by atoms with Gasteiger partial charge in [0.05, 0.1) is 0 Å². The summed E-state index contributed by atoms with van der Waals surface area (Å²) in [4.78, 5) is 0. The molecule has 0 aromatic rings. The lowest BCUT2D eigenvalue weighted by Gasteiger charge is -2.07. The van der Waals surface area contributed by atoms with E-state index in [2.05, 4.69) is 13.8 Å². The van der Waals surface area contributed by atoms with Crippen molar-refractivity contribution in [2.45, 2.75) is 64.0 Å². The highest BCUT2D eigenvalue weighted by atomic mass is 32.2. The Hall–Kier alpha value is 0.310. The monoisotopic (exact) mass is 217 g/mol. The largest absolute Gasteiger partial charge is 0.329 e. The average Bonchev–Trinajstić information content (AvgIpc) is 2.21. The molecule has 1 unspecified atom stereocenters. The fourth-order valence-corrected chi connectivity index (χ4v) is 2.32. The molecular weight excluding hydrogens is 190 g/mol. The maximum Gasteiger partial charge on any atom is 0.0141 e. The minimum Gasteiger partial charge on any atom is -0.329 e. The molecule has 0 aliphatic rings. The predicted molar refractivity (Wildman–Crippen MR) is 69.0 cm³/mol. The molecule has 0 spiro atoms. The van der Waals surface area contributed by atoms with Crippen molar-refractivity contribution in [2.75, 3.05) is 12.3 Å². The van der Waals surface area contributed by atoms with Crippen molar-refractivity contribution >= 4 is 11.8 Å². The normalized spacial score (nSPS) is 13.1. The van der Waals surface area contributed by atoms with E-state index in [1.807, 2.05) is 11.8 Å².